The maximum atomic E-state index is 10.4. The summed E-state index contributed by atoms with van der Waals surface area (Å²) < 4.78 is 7.49. The van der Waals surface area contributed by atoms with E-state index >= 15 is 0 Å². The number of hydrogen-bond acceptors (Lipinski definition) is 4. The fraction of sp³-hybridized carbons (Fsp3) is 0.250. The molecular formula is C12H10BrIN2O3. The van der Waals surface area contributed by atoms with Crippen LogP contribution in [0, 0.1) is 3.57 Å². The van der Waals surface area contributed by atoms with E-state index in [0.29, 0.717) is 24.6 Å². The number of benzene rings is 1. The predicted molar refractivity (Wildman–Crippen MR) is 80.7 cm³/mol. The highest BCUT2D eigenvalue weighted by Crippen LogP contribution is 2.29. The molecule has 0 amide bonds. The van der Waals surface area contributed by atoms with Crippen LogP contribution in [0.3, 0.4) is 0 Å². The molecule has 0 atom stereocenters. The molecule has 0 saturated heterocycles. The van der Waals surface area contributed by atoms with Crippen molar-refractivity contribution in [2.24, 2.45) is 0 Å². The minimum Gasteiger partial charge on any atom is -0.481 e. The van der Waals surface area contributed by atoms with Gasteiger partial charge in [-0.15, -0.1) is 10.2 Å². The molecule has 100 valence electrons. The summed E-state index contributed by atoms with van der Waals surface area (Å²) in [5.74, 6) is 0.0813. The predicted octanol–water partition coefficient (Wildman–Crippen LogP) is 3.51. The standard InChI is InChI=1S/C12H10BrIN2O3/c13-9-5-4-7(14)6-8(9)12-16-15-10(19-12)2-1-3-11(17)18/h4-6H,1-3H2,(H,17,18). The number of carboxylic acid groups (broad SMARTS) is 1. The molecule has 0 unspecified atom stereocenters. The van der Waals surface area contributed by atoms with Crippen LogP contribution in [0.4, 0.5) is 0 Å². The summed E-state index contributed by atoms with van der Waals surface area (Å²) >= 11 is 5.65. The molecule has 7 heteroatoms. The molecule has 2 rings (SSSR count). The smallest absolute Gasteiger partial charge is 0.303 e. The van der Waals surface area contributed by atoms with Gasteiger partial charge >= 0.3 is 5.97 Å². The zero-order valence-electron chi connectivity index (χ0n) is 9.77. The molecule has 0 fully saturated rings. The second kappa shape index (κ2) is 6.47. The van der Waals surface area contributed by atoms with Crippen LogP contribution >= 0.6 is 38.5 Å². The van der Waals surface area contributed by atoms with E-state index in [4.69, 9.17) is 9.52 Å². The number of hydrogen-bond donors (Lipinski definition) is 1. The van der Waals surface area contributed by atoms with Crippen molar-refractivity contribution >= 4 is 44.5 Å². The molecule has 0 radical (unpaired) electrons. The lowest BCUT2D eigenvalue weighted by molar-refractivity contribution is -0.137. The van der Waals surface area contributed by atoms with E-state index in [2.05, 4.69) is 48.7 Å². The molecule has 2 aromatic rings. The van der Waals surface area contributed by atoms with E-state index < -0.39 is 5.97 Å². The van der Waals surface area contributed by atoms with Crippen molar-refractivity contribution in [1.82, 2.24) is 10.2 Å². The lowest BCUT2D eigenvalue weighted by Crippen LogP contribution is -1.95. The Morgan fingerprint density at radius 2 is 2.21 bits per heavy atom. The molecule has 19 heavy (non-hydrogen) atoms. The van der Waals surface area contributed by atoms with Crippen LogP contribution in [0.1, 0.15) is 18.7 Å². The number of aromatic nitrogens is 2. The highest BCUT2D eigenvalue weighted by molar-refractivity contribution is 14.1. The summed E-state index contributed by atoms with van der Waals surface area (Å²) in [5, 5.41) is 16.5. The Kier molecular flexibility index (Phi) is 4.92. The summed E-state index contributed by atoms with van der Waals surface area (Å²) in [6.07, 6.45) is 1.07. The van der Waals surface area contributed by atoms with Crippen molar-refractivity contribution in [3.05, 3.63) is 32.1 Å². The average Bonchev–Trinajstić information content (AvgIpc) is 2.80. The van der Waals surface area contributed by atoms with Gasteiger partial charge < -0.3 is 9.52 Å². The summed E-state index contributed by atoms with van der Waals surface area (Å²) in [7, 11) is 0. The van der Waals surface area contributed by atoms with Crippen LogP contribution in [0.15, 0.2) is 27.1 Å². The molecule has 0 aliphatic rings. The first-order valence-electron chi connectivity index (χ1n) is 5.56. The lowest BCUT2D eigenvalue weighted by Gasteiger charge is -1.99. The Labute approximate surface area is 131 Å². The first-order valence-corrected chi connectivity index (χ1v) is 7.43. The van der Waals surface area contributed by atoms with Crippen LogP contribution in [0.25, 0.3) is 11.5 Å². The highest BCUT2D eigenvalue weighted by atomic mass is 127. The normalized spacial score (nSPS) is 10.6. The quantitative estimate of drug-likeness (QED) is 0.725. The van der Waals surface area contributed by atoms with Gasteiger partial charge in [0.25, 0.3) is 0 Å². The van der Waals surface area contributed by atoms with E-state index in [1.165, 1.54) is 0 Å². The topological polar surface area (TPSA) is 76.2 Å². The Morgan fingerprint density at radius 3 is 2.95 bits per heavy atom. The molecule has 1 aromatic heterocycles. The van der Waals surface area contributed by atoms with Crippen LogP contribution in [0.2, 0.25) is 0 Å². The largest absolute Gasteiger partial charge is 0.481 e. The molecule has 1 aromatic carbocycles. The number of aliphatic carboxylic acids is 1. The van der Waals surface area contributed by atoms with Crippen molar-refractivity contribution in [2.75, 3.05) is 0 Å². The van der Waals surface area contributed by atoms with Crippen molar-refractivity contribution < 1.29 is 14.3 Å². The molecule has 0 saturated carbocycles. The first-order chi connectivity index (χ1) is 9.06. The third kappa shape index (κ3) is 4.00. The Hall–Kier alpha value is -0.960. The number of nitrogens with zero attached hydrogens (tertiary/aromatic N) is 2. The van der Waals surface area contributed by atoms with Crippen molar-refractivity contribution in [1.29, 1.82) is 0 Å². The van der Waals surface area contributed by atoms with Crippen LogP contribution in [-0.2, 0) is 11.2 Å². The fourth-order valence-electron chi connectivity index (χ4n) is 1.52. The SMILES string of the molecule is O=C(O)CCCc1nnc(-c2cc(I)ccc2Br)o1. The molecular weight excluding hydrogens is 427 g/mol. The summed E-state index contributed by atoms with van der Waals surface area (Å²) in [4.78, 5) is 10.4. The van der Waals surface area contributed by atoms with E-state index in [1.807, 2.05) is 18.2 Å². The average molecular weight is 437 g/mol. The van der Waals surface area contributed by atoms with Gasteiger partial charge in [0.05, 0.1) is 5.56 Å². The van der Waals surface area contributed by atoms with Gasteiger partial charge in [-0.3, -0.25) is 4.79 Å². The first kappa shape index (κ1) is 14.4. The summed E-state index contributed by atoms with van der Waals surface area (Å²) in [6, 6.07) is 5.84. The van der Waals surface area contributed by atoms with Crippen molar-refractivity contribution in [3.63, 3.8) is 0 Å². The van der Waals surface area contributed by atoms with Gasteiger partial charge in [-0.2, -0.15) is 0 Å². The minimum absolute atomic E-state index is 0.102. The van der Waals surface area contributed by atoms with E-state index in [1.54, 1.807) is 0 Å². The monoisotopic (exact) mass is 436 g/mol. The third-order valence-corrected chi connectivity index (χ3v) is 3.77. The molecule has 5 nitrogen and oxygen atoms in total. The van der Waals surface area contributed by atoms with E-state index in [-0.39, 0.29) is 6.42 Å². The molecule has 0 aliphatic carbocycles. The summed E-state index contributed by atoms with van der Waals surface area (Å²) in [5.41, 5.74) is 0.837. The third-order valence-electron chi connectivity index (χ3n) is 2.41. The van der Waals surface area contributed by atoms with Gasteiger partial charge in [-0.1, -0.05) is 0 Å². The molecule has 0 spiro atoms. The molecule has 0 bridgehead atoms. The lowest BCUT2D eigenvalue weighted by atomic mass is 10.2. The summed E-state index contributed by atoms with van der Waals surface area (Å²) in [6.45, 7) is 0. The Balaban J connectivity index is 2.12. The maximum absolute atomic E-state index is 10.4. The van der Waals surface area contributed by atoms with E-state index in [9.17, 15) is 4.79 Å². The van der Waals surface area contributed by atoms with Crippen molar-refractivity contribution in [3.8, 4) is 11.5 Å². The Bertz CT molecular complexity index is 600. The number of carbonyl (C=O) groups is 1. The molecule has 0 aliphatic heterocycles. The van der Waals surface area contributed by atoms with Gasteiger partial charge in [0.2, 0.25) is 11.8 Å². The number of aryl methyl sites for hydroxylation is 1. The van der Waals surface area contributed by atoms with E-state index in [0.717, 1.165) is 13.6 Å². The second-order valence-corrected chi connectivity index (χ2v) is 5.97. The number of halogens is 2. The zero-order chi connectivity index (χ0) is 13.8. The van der Waals surface area contributed by atoms with Gasteiger partial charge in [0, 0.05) is 20.9 Å². The molecule has 1 heterocycles. The number of rotatable bonds is 5. The van der Waals surface area contributed by atoms with Crippen LogP contribution < -0.4 is 0 Å². The molecule has 1 N–H and O–H groups in total. The minimum atomic E-state index is -0.819. The second-order valence-electron chi connectivity index (χ2n) is 3.87. The fourth-order valence-corrected chi connectivity index (χ4v) is 2.42. The number of carboxylic acids is 1. The van der Waals surface area contributed by atoms with Gasteiger partial charge in [-0.05, 0) is 63.1 Å². The maximum Gasteiger partial charge on any atom is 0.303 e. The van der Waals surface area contributed by atoms with Gasteiger partial charge in [0.1, 0.15) is 0 Å². The van der Waals surface area contributed by atoms with Crippen LogP contribution in [-0.4, -0.2) is 21.3 Å². The highest BCUT2D eigenvalue weighted by Gasteiger charge is 2.12. The zero-order valence-corrected chi connectivity index (χ0v) is 13.5. The van der Waals surface area contributed by atoms with Gasteiger partial charge in [-0.25, -0.2) is 0 Å². The van der Waals surface area contributed by atoms with Gasteiger partial charge in [0.15, 0.2) is 0 Å². The Morgan fingerprint density at radius 1 is 1.42 bits per heavy atom. The van der Waals surface area contributed by atoms with Crippen molar-refractivity contribution in [2.45, 2.75) is 19.3 Å². The van der Waals surface area contributed by atoms with Crippen LogP contribution in [0.5, 0.6) is 0 Å².